The Hall–Kier alpha value is -1.68. The zero-order valence-corrected chi connectivity index (χ0v) is 9.87. The smallest absolute Gasteiger partial charge is 0.153 e. The van der Waals surface area contributed by atoms with Gasteiger partial charge in [-0.1, -0.05) is 6.07 Å². The molecule has 1 atom stereocenters. The van der Waals surface area contributed by atoms with Crippen LogP contribution in [0.25, 0.3) is 5.82 Å². The van der Waals surface area contributed by atoms with Crippen molar-refractivity contribution < 1.29 is 0 Å². The van der Waals surface area contributed by atoms with Crippen molar-refractivity contribution in [3.63, 3.8) is 0 Å². The summed E-state index contributed by atoms with van der Waals surface area (Å²) < 4.78 is 1.83. The van der Waals surface area contributed by atoms with Crippen molar-refractivity contribution in [1.29, 1.82) is 0 Å². The van der Waals surface area contributed by atoms with E-state index < -0.39 is 0 Å². The van der Waals surface area contributed by atoms with Gasteiger partial charge < -0.3 is 5.73 Å². The highest BCUT2D eigenvalue weighted by atomic mass is 15.3. The zero-order chi connectivity index (χ0) is 11.8. The Morgan fingerprint density at radius 1 is 1.35 bits per heavy atom. The molecule has 0 aliphatic heterocycles. The summed E-state index contributed by atoms with van der Waals surface area (Å²) >= 11 is 0. The molecule has 88 valence electrons. The lowest BCUT2D eigenvalue weighted by molar-refractivity contribution is 0.787. The molecular weight excluding hydrogens is 212 g/mol. The number of hydrogen-bond donors (Lipinski definition) is 1. The number of hydrogen-bond acceptors (Lipinski definition) is 3. The fraction of sp³-hybridized carbons (Fsp3) is 0.385. The van der Waals surface area contributed by atoms with Crippen LogP contribution in [-0.2, 0) is 0 Å². The highest BCUT2D eigenvalue weighted by Crippen LogP contribution is 2.38. The molecule has 2 aromatic heterocycles. The molecule has 0 spiro atoms. The van der Waals surface area contributed by atoms with E-state index in [4.69, 9.17) is 5.73 Å². The molecular formula is C13H16N4. The summed E-state index contributed by atoms with van der Waals surface area (Å²) in [5.74, 6) is 1.53. The molecule has 4 heteroatoms. The SMILES string of the molecule is C[C@H](N)c1ccc(-n2ccc(C3CC3)n2)nc1. The van der Waals surface area contributed by atoms with Crippen LogP contribution in [0.15, 0.2) is 30.6 Å². The lowest BCUT2D eigenvalue weighted by Gasteiger charge is -2.05. The van der Waals surface area contributed by atoms with Gasteiger partial charge in [-0.2, -0.15) is 5.10 Å². The van der Waals surface area contributed by atoms with Gasteiger partial charge in [0.25, 0.3) is 0 Å². The van der Waals surface area contributed by atoms with Crippen LogP contribution in [0.5, 0.6) is 0 Å². The topological polar surface area (TPSA) is 56.7 Å². The molecule has 3 rings (SSSR count). The van der Waals surface area contributed by atoms with Gasteiger partial charge in [0.05, 0.1) is 5.69 Å². The Kier molecular flexibility index (Phi) is 2.44. The van der Waals surface area contributed by atoms with E-state index in [1.165, 1.54) is 18.5 Å². The van der Waals surface area contributed by atoms with Crippen LogP contribution < -0.4 is 5.73 Å². The van der Waals surface area contributed by atoms with Gasteiger partial charge in [-0.3, -0.25) is 0 Å². The highest BCUT2D eigenvalue weighted by molar-refractivity contribution is 5.27. The van der Waals surface area contributed by atoms with Crippen molar-refractivity contribution in [2.24, 2.45) is 5.73 Å². The van der Waals surface area contributed by atoms with Crippen molar-refractivity contribution >= 4 is 0 Å². The number of nitrogens with two attached hydrogens (primary N) is 1. The fourth-order valence-corrected chi connectivity index (χ4v) is 1.86. The highest BCUT2D eigenvalue weighted by Gasteiger charge is 2.25. The first-order valence-electron chi connectivity index (χ1n) is 6.01. The van der Waals surface area contributed by atoms with Gasteiger partial charge in [0.2, 0.25) is 0 Å². The summed E-state index contributed by atoms with van der Waals surface area (Å²) in [6.45, 7) is 1.95. The van der Waals surface area contributed by atoms with Crippen LogP contribution in [0.3, 0.4) is 0 Å². The third-order valence-corrected chi connectivity index (χ3v) is 3.14. The van der Waals surface area contributed by atoms with Crippen molar-refractivity contribution in [3.8, 4) is 5.82 Å². The van der Waals surface area contributed by atoms with Crippen molar-refractivity contribution in [2.75, 3.05) is 0 Å². The molecule has 1 saturated carbocycles. The minimum absolute atomic E-state index is 0.0243. The maximum Gasteiger partial charge on any atom is 0.153 e. The van der Waals surface area contributed by atoms with Gasteiger partial charge in [-0.05, 0) is 37.5 Å². The Bertz CT molecular complexity index is 508. The first kappa shape index (κ1) is 10.5. The summed E-state index contributed by atoms with van der Waals surface area (Å²) in [4.78, 5) is 4.38. The third kappa shape index (κ3) is 2.08. The summed E-state index contributed by atoms with van der Waals surface area (Å²) in [6.07, 6.45) is 6.34. The molecule has 2 N–H and O–H groups in total. The molecule has 0 aromatic carbocycles. The van der Waals surface area contributed by atoms with E-state index in [9.17, 15) is 0 Å². The monoisotopic (exact) mass is 228 g/mol. The first-order chi connectivity index (χ1) is 8.24. The van der Waals surface area contributed by atoms with Crippen LogP contribution >= 0.6 is 0 Å². The predicted octanol–water partition coefficient (Wildman–Crippen LogP) is 2.16. The maximum absolute atomic E-state index is 5.79. The van der Waals surface area contributed by atoms with Gasteiger partial charge in [0, 0.05) is 24.4 Å². The van der Waals surface area contributed by atoms with Gasteiger partial charge >= 0.3 is 0 Å². The van der Waals surface area contributed by atoms with Gasteiger partial charge in [0.15, 0.2) is 5.82 Å². The molecule has 4 nitrogen and oxygen atoms in total. The van der Waals surface area contributed by atoms with Gasteiger partial charge in [0.1, 0.15) is 0 Å². The Balaban J connectivity index is 1.86. The standard InChI is InChI=1S/C13H16N4/c1-9(14)11-4-5-13(15-8-11)17-7-6-12(16-17)10-2-3-10/h4-10H,2-3,14H2,1H3/t9-/m0/s1. The van der Waals surface area contributed by atoms with Crippen LogP contribution in [-0.4, -0.2) is 14.8 Å². The number of nitrogens with zero attached hydrogens (tertiary/aromatic N) is 3. The summed E-state index contributed by atoms with van der Waals surface area (Å²) in [7, 11) is 0. The van der Waals surface area contributed by atoms with E-state index >= 15 is 0 Å². The molecule has 0 bridgehead atoms. The second-order valence-electron chi connectivity index (χ2n) is 4.70. The van der Waals surface area contributed by atoms with Gasteiger partial charge in [-0.25, -0.2) is 9.67 Å². The van der Waals surface area contributed by atoms with Crippen LogP contribution in [0.4, 0.5) is 0 Å². The summed E-state index contributed by atoms with van der Waals surface area (Å²) in [6, 6.07) is 6.07. The molecule has 0 radical (unpaired) electrons. The maximum atomic E-state index is 5.79. The summed E-state index contributed by atoms with van der Waals surface area (Å²) in [5.41, 5.74) is 8.02. The molecule has 0 amide bonds. The minimum atomic E-state index is 0.0243. The van der Waals surface area contributed by atoms with E-state index in [-0.39, 0.29) is 6.04 Å². The van der Waals surface area contributed by atoms with Crippen molar-refractivity contribution in [3.05, 3.63) is 41.9 Å². The Labute approximate surface area is 100 Å². The second kappa shape index (κ2) is 3.96. The van der Waals surface area contributed by atoms with E-state index in [0.717, 1.165) is 11.4 Å². The lowest BCUT2D eigenvalue weighted by atomic mass is 10.2. The molecule has 0 unspecified atom stereocenters. The minimum Gasteiger partial charge on any atom is -0.324 e. The average Bonchev–Trinajstić information content (AvgIpc) is 3.07. The van der Waals surface area contributed by atoms with Gasteiger partial charge in [-0.15, -0.1) is 0 Å². The van der Waals surface area contributed by atoms with Crippen molar-refractivity contribution in [1.82, 2.24) is 14.8 Å². The third-order valence-electron chi connectivity index (χ3n) is 3.14. The van der Waals surface area contributed by atoms with Crippen LogP contribution in [0.2, 0.25) is 0 Å². The molecule has 1 aliphatic carbocycles. The van der Waals surface area contributed by atoms with E-state index in [2.05, 4.69) is 16.1 Å². The lowest BCUT2D eigenvalue weighted by Crippen LogP contribution is -2.06. The van der Waals surface area contributed by atoms with E-state index in [0.29, 0.717) is 5.92 Å². The molecule has 17 heavy (non-hydrogen) atoms. The molecule has 1 aliphatic rings. The zero-order valence-electron chi connectivity index (χ0n) is 9.87. The molecule has 0 saturated heterocycles. The fourth-order valence-electron chi connectivity index (χ4n) is 1.86. The van der Waals surface area contributed by atoms with Crippen LogP contribution in [0, 0.1) is 0 Å². The van der Waals surface area contributed by atoms with E-state index in [1.807, 2.05) is 36.1 Å². The quantitative estimate of drug-likeness (QED) is 0.875. The number of aromatic nitrogens is 3. The largest absolute Gasteiger partial charge is 0.324 e. The Morgan fingerprint density at radius 2 is 2.18 bits per heavy atom. The molecule has 1 fully saturated rings. The summed E-state index contributed by atoms with van der Waals surface area (Å²) in [5, 5.41) is 4.54. The first-order valence-corrected chi connectivity index (χ1v) is 6.01. The van der Waals surface area contributed by atoms with Crippen molar-refractivity contribution in [2.45, 2.75) is 31.7 Å². The van der Waals surface area contributed by atoms with Crippen LogP contribution in [0.1, 0.15) is 43.0 Å². The number of pyridine rings is 1. The molecule has 2 aromatic rings. The van der Waals surface area contributed by atoms with E-state index in [1.54, 1.807) is 0 Å². The predicted molar refractivity (Wildman–Crippen MR) is 65.9 cm³/mol. The second-order valence-corrected chi connectivity index (χ2v) is 4.70. The molecule has 2 heterocycles. The Morgan fingerprint density at radius 3 is 2.76 bits per heavy atom. The number of rotatable bonds is 3. The average molecular weight is 228 g/mol. The normalized spacial score (nSPS) is 17.1.